The smallest absolute Gasteiger partial charge is 0.191 e. The molecule has 0 aliphatic rings. The van der Waals surface area contributed by atoms with E-state index in [2.05, 4.69) is 15.6 Å². The molecule has 0 fully saturated rings. The topological polar surface area (TPSA) is 79.8 Å². The van der Waals surface area contributed by atoms with Crippen LogP contribution in [0.15, 0.2) is 58.4 Å². The molecule has 8 heteroatoms. The van der Waals surface area contributed by atoms with Gasteiger partial charge in [0.2, 0.25) is 0 Å². The first-order valence-corrected chi connectivity index (χ1v) is 11.7. The predicted octanol–water partition coefficient (Wildman–Crippen LogP) is 3.79. The summed E-state index contributed by atoms with van der Waals surface area (Å²) in [5.41, 5.74) is 2.15. The van der Waals surface area contributed by atoms with Gasteiger partial charge in [0.15, 0.2) is 15.8 Å². The van der Waals surface area contributed by atoms with Crippen LogP contribution in [0.2, 0.25) is 0 Å². The summed E-state index contributed by atoms with van der Waals surface area (Å²) in [5, 5.41) is 6.56. The van der Waals surface area contributed by atoms with Crippen LogP contribution < -0.4 is 15.4 Å². The fourth-order valence-corrected chi connectivity index (χ4v) is 3.36. The number of halogens is 1. The Balaban J connectivity index is 0.00000450. The van der Waals surface area contributed by atoms with Crippen molar-refractivity contribution in [3.63, 3.8) is 0 Å². The van der Waals surface area contributed by atoms with Gasteiger partial charge in [-0.3, -0.25) is 0 Å². The highest BCUT2D eigenvalue weighted by Gasteiger charge is 2.06. The second-order valence-corrected chi connectivity index (χ2v) is 9.12. The first-order valence-electron chi connectivity index (χ1n) is 9.84. The van der Waals surface area contributed by atoms with Crippen molar-refractivity contribution in [1.29, 1.82) is 0 Å². The molecular weight excluding hydrogens is 513 g/mol. The van der Waals surface area contributed by atoms with Gasteiger partial charge < -0.3 is 15.4 Å². The zero-order chi connectivity index (χ0) is 21.3. The van der Waals surface area contributed by atoms with E-state index in [4.69, 9.17) is 4.74 Å². The third-order valence-corrected chi connectivity index (χ3v) is 5.22. The molecule has 6 nitrogen and oxygen atoms in total. The average Bonchev–Trinajstić information content (AvgIpc) is 2.65. The van der Waals surface area contributed by atoms with E-state index < -0.39 is 9.84 Å². The van der Waals surface area contributed by atoms with Crippen LogP contribution in [0.5, 0.6) is 5.75 Å². The normalized spacial score (nSPS) is 11.7. The van der Waals surface area contributed by atoms with Gasteiger partial charge in [-0.15, -0.1) is 24.0 Å². The number of ether oxygens (including phenoxy) is 1. The Bertz CT molecular complexity index is 913. The molecule has 0 atom stereocenters. The highest BCUT2D eigenvalue weighted by molar-refractivity contribution is 14.0. The summed E-state index contributed by atoms with van der Waals surface area (Å²) in [6, 6.07) is 15.0. The van der Waals surface area contributed by atoms with Crippen LogP contribution in [0.4, 0.5) is 0 Å². The molecule has 2 rings (SSSR count). The van der Waals surface area contributed by atoms with Crippen molar-refractivity contribution >= 4 is 39.8 Å². The van der Waals surface area contributed by atoms with E-state index in [-0.39, 0.29) is 30.1 Å². The maximum atomic E-state index is 11.5. The van der Waals surface area contributed by atoms with Gasteiger partial charge in [0.25, 0.3) is 0 Å². The van der Waals surface area contributed by atoms with Crippen molar-refractivity contribution in [1.82, 2.24) is 10.6 Å². The highest BCUT2D eigenvalue weighted by Crippen LogP contribution is 2.15. The Kier molecular flexibility index (Phi) is 11.2. The lowest BCUT2D eigenvalue weighted by Crippen LogP contribution is -2.38. The molecule has 0 saturated carbocycles. The number of benzene rings is 2. The summed E-state index contributed by atoms with van der Waals surface area (Å²) in [6.07, 6.45) is 2.12. The van der Waals surface area contributed by atoms with E-state index >= 15 is 0 Å². The number of guanidine groups is 1. The van der Waals surface area contributed by atoms with Crippen LogP contribution in [0, 0.1) is 0 Å². The quantitative estimate of drug-likeness (QED) is 0.285. The third kappa shape index (κ3) is 9.34. The number of aliphatic imine (C=N–C) groups is 1. The number of hydrogen-bond donors (Lipinski definition) is 2. The minimum Gasteiger partial charge on any atom is -0.491 e. The molecule has 0 saturated heterocycles. The largest absolute Gasteiger partial charge is 0.491 e. The van der Waals surface area contributed by atoms with E-state index in [1.165, 1.54) is 6.26 Å². The van der Waals surface area contributed by atoms with Gasteiger partial charge in [0.1, 0.15) is 5.75 Å². The lowest BCUT2D eigenvalue weighted by molar-refractivity contribution is 0.242. The first-order chi connectivity index (χ1) is 13.8. The third-order valence-electron chi connectivity index (χ3n) is 4.09. The van der Waals surface area contributed by atoms with Gasteiger partial charge >= 0.3 is 0 Å². The van der Waals surface area contributed by atoms with E-state index in [0.717, 1.165) is 35.8 Å². The van der Waals surface area contributed by atoms with Crippen LogP contribution in [-0.4, -0.2) is 39.8 Å². The highest BCUT2D eigenvalue weighted by atomic mass is 127. The minimum atomic E-state index is -3.16. The Hall–Kier alpha value is -1.81. The predicted molar refractivity (Wildman–Crippen MR) is 134 cm³/mol. The van der Waals surface area contributed by atoms with E-state index in [1.54, 1.807) is 12.1 Å². The number of sulfone groups is 1. The number of hydrogen-bond acceptors (Lipinski definition) is 4. The molecule has 0 aromatic heterocycles. The zero-order valence-electron chi connectivity index (χ0n) is 18.0. The molecule has 2 N–H and O–H groups in total. The van der Waals surface area contributed by atoms with Gasteiger partial charge in [-0.25, -0.2) is 13.4 Å². The lowest BCUT2D eigenvalue weighted by Gasteiger charge is -2.12. The summed E-state index contributed by atoms with van der Waals surface area (Å²) in [4.78, 5) is 4.98. The van der Waals surface area contributed by atoms with Crippen molar-refractivity contribution < 1.29 is 13.2 Å². The van der Waals surface area contributed by atoms with Crippen LogP contribution in [-0.2, 0) is 22.8 Å². The van der Waals surface area contributed by atoms with Gasteiger partial charge in [-0.2, -0.15) is 0 Å². The van der Waals surface area contributed by atoms with Gasteiger partial charge in [0.05, 0.1) is 17.5 Å². The van der Waals surface area contributed by atoms with Crippen LogP contribution >= 0.6 is 24.0 Å². The van der Waals surface area contributed by atoms with Crippen molar-refractivity contribution in [2.45, 2.75) is 44.7 Å². The molecule has 166 valence electrons. The molecule has 2 aromatic carbocycles. The van der Waals surface area contributed by atoms with Crippen LogP contribution in [0.25, 0.3) is 0 Å². The van der Waals surface area contributed by atoms with Crippen molar-refractivity contribution in [3.05, 3.63) is 59.7 Å². The summed E-state index contributed by atoms with van der Waals surface area (Å²) in [5.74, 6) is 1.60. The number of rotatable bonds is 9. The molecule has 0 amide bonds. The Morgan fingerprint density at radius 1 is 1.07 bits per heavy atom. The Morgan fingerprint density at radius 2 is 1.77 bits per heavy atom. The SMILES string of the molecule is CCNC(=NCc1cccc(OC(C)C)c1)NCCc1ccc(S(C)(=O)=O)cc1.I. The van der Waals surface area contributed by atoms with Crippen molar-refractivity contribution in [3.8, 4) is 5.75 Å². The summed E-state index contributed by atoms with van der Waals surface area (Å²) in [7, 11) is -3.16. The summed E-state index contributed by atoms with van der Waals surface area (Å²) < 4.78 is 28.8. The molecule has 2 aromatic rings. The Labute approximate surface area is 197 Å². The van der Waals surface area contributed by atoms with Crippen LogP contribution in [0.1, 0.15) is 31.9 Å². The average molecular weight is 545 g/mol. The minimum absolute atomic E-state index is 0. The second-order valence-electron chi connectivity index (χ2n) is 7.10. The molecule has 0 heterocycles. The maximum absolute atomic E-state index is 11.5. The summed E-state index contributed by atoms with van der Waals surface area (Å²) >= 11 is 0. The molecule has 0 radical (unpaired) electrons. The molecule has 0 aliphatic carbocycles. The first kappa shape index (κ1) is 26.2. The van der Waals surface area contributed by atoms with Crippen molar-refractivity contribution in [2.24, 2.45) is 4.99 Å². The second kappa shape index (κ2) is 12.8. The fourth-order valence-electron chi connectivity index (χ4n) is 2.73. The molecular formula is C22H32IN3O3S. The Morgan fingerprint density at radius 3 is 2.37 bits per heavy atom. The summed E-state index contributed by atoms with van der Waals surface area (Å²) in [6.45, 7) is 8.05. The van der Waals surface area contributed by atoms with E-state index in [1.807, 2.05) is 57.2 Å². The van der Waals surface area contributed by atoms with Crippen molar-refractivity contribution in [2.75, 3.05) is 19.3 Å². The molecule has 0 unspecified atom stereocenters. The molecule has 0 spiro atoms. The van der Waals surface area contributed by atoms with Gasteiger partial charge in [0, 0.05) is 19.3 Å². The van der Waals surface area contributed by atoms with E-state index in [0.29, 0.717) is 18.0 Å². The van der Waals surface area contributed by atoms with E-state index in [9.17, 15) is 8.42 Å². The van der Waals surface area contributed by atoms with Gasteiger partial charge in [-0.05, 0) is 62.6 Å². The van der Waals surface area contributed by atoms with Gasteiger partial charge in [-0.1, -0.05) is 24.3 Å². The maximum Gasteiger partial charge on any atom is 0.191 e. The lowest BCUT2D eigenvalue weighted by atomic mass is 10.1. The standard InChI is InChI=1S/C22H31N3O3S.HI/c1-5-23-22(25-16-19-7-6-8-20(15-19)28-17(2)3)24-14-13-18-9-11-21(12-10-18)29(4,26)27;/h6-12,15,17H,5,13-14,16H2,1-4H3,(H2,23,24,25);1H. The van der Waals surface area contributed by atoms with Crippen LogP contribution in [0.3, 0.4) is 0 Å². The monoisotopic (exact) mass is 545 g/mol. The fraction of sp³-hybridized carbons (Fsp3) is 0.409. The zero-order valence-corrected chi connectivity index (χ0v) is 21.2. The number of nitrogens with one attached hydrogen (secondary N) is 2. The molecule has 0 aliphatic heterocycles. The molecule has 30 heavy (non-hydrogen) atoms. The molecule has 0 bridgehead atoms. The number of nitrogens with zero attached hydrogens (tertiary/aromatic N) is 1.